The number of nitrogens with zero attached hydrogens (tertiary/aromatic N) is 1. The Bertz CT molecular complexity index is 500. The first-order valence-corrected chi connectivity index (χ1v) is 6.22. The summed E-state index contributed by atoms with van der Waals surface area (Å²) in [5, 5.41) is 0.848. The normalized spacial score (nSPS) is 16.6. The Morgan fingerprint density at radius 2 is 2.00 bits per heavy atom. The third-order valence-corrected chi connectivity index (χ3v) is 2.60. The molecule has 0 spiro atoms. The molecular formula is C14H15NO5. The predicted octanol–water partition coefficient (Wildman–Crippen LogP) is 2.02. The molecule has 0 radical (unpaired) electrons. The topological polar surface area (TPSA) is 65.1 Å². The van der Waals surface area contributed by atoms with Gasteiger partial charge in [0.15, 0.2) is 6.04 Å². The molecule has 1 aromatic rings. The van der Waals surface area contributed by atoms with Crippen LogP contribution in [0.25, 0.3) is 0 Å². The Kier molecular flexibility index (Phi) is 4.60. The van der Waals surface area contributed by atoms with Crippen molar-refractivity contribution in [3.8, 4) is 0 Å². The summed E-state index contributed by atoms with van der Waals surface area (Å²) in [6.45, 7) is 2.03. The maximum absolute atomic E-state index is 11.9. The van der Waals surface area contributed by atoms with Crippen molar-refractivity contribution in [3.63, 3.8) is 0 Å². The number of esters is 1. The molecule has 6 nitrogen and oxygen atoms in total. The van der Waals surface area contributed by atoms with Crippen LogP contribution in [0.3, 0.4) is 0 Å². The third-order valence-electron chi connectivity index (χ3n) is 2.60. The molecule has 2 rings (SSSR count). The Morgan fingerprint density at radius 3 is 2.70 bits per heavy atom. The fraction of sp³-hybridized carbons (Fsp3) is 0.286. The number of hydrogen-bond acceptors (Lipinski definition) is 5. The van der Waals surface area contributed by atoms with Crippen molar-refractivity contribution >= 4 is 12.1 Å². The van der Waals surface area contributed by atoms with E-state index in [9.17, 15) is 9.59 Å². The van der Waals surface area contributed by atoms with Gasteiger partial charge in [0.1, 0.15) is 12.9 Å². The summed E-state index contributed by atoms with van der Waals surface area (Å²) >= 11 is 0. The second-order valence-electron chi connectivity index (χ2n) is 4.00. The van der Waals surface area contributed by atoms with Crippen LogP contribution in [0.4, 0.5) is 4.79 Å². The van der Waals surface area contributed by atoms with Crippen molar-refractivity contribution in [2.45, 2.75) is 19.6 Å². The molecule has 0 aliphatic carbocycles. The number of benzene rings is 1. The van der Waals surface area contributed by atoms with Gasteiger partial charge in [0, 0.05) is 0 Å². The molecule has 0 fully saturated rings. The average Bonchev–Trinajstić information content (AvgIpc) is 2.96. The standard InChI is InChI=1S/C14H15NO5/c1-2-18-13(16)12-8-9-20-15(12)14(17)19-10-11-6-4-3-5-7-11/h3-9,12H,2,10H2,1H3/t12-/m0/s1. The highest BCUT2D eigenvalue weighted by Gasteiger charge is 2.35. The van der Waals surface area contributed by atoms with E-state index in [1.165, 1.54) is 12.3 Å². The zero-order valence-corrected chi connectivity index (χ0v) is 11.0. The molecule has 0 aromatic heterocycles. The van der Waals surface area contributed by atoms with Gasteiger partial charge in [-0.05, 0) is 18.6 Å². The molecule has 106 valence electrons. The summed E-state index contributed by atoms with van der Waals surface area (Å²) in [5.74, 6) is -0.557. The molecule has 0 unspecified atom stereocenters. The van der Waals surface area contributed by atoms with Crippen LogP contribution in [-0.2, 0) is 25.7 Å². The van der Waals surface area contributed by atoms with E-state index in [0.29, 0.717) is 0 Å². The zero-order chi connectivity index (χ0) is 14.4. The molecular weight excluding hydrogens is 262 g/mol. The van der Waals surface area contributed by atoms with Gasteiger partial charge in [0.25, 0.3) is 0 Å². The summed E-state index contributed by atoms with van der Waals surface area (Å²) in [6, 6.07) is 8.32. The fourth-order valence-corrected chi connectivity index (χ4v) is 1.66. The summed E-state index contributed by atoms with van der Waals surface area (Å²) in [4.78, 5) is 28.5. The Morgan fingerprint density at radius 1 is 1.25 bits per heavy atom. The molecule has 0 saturated carbocycles. The van der Waals surface area contributed by atoms with Crippen molar-refractivity contribution in [2.75, 3.05) is 6.61 Å². The van der Waals surface area contributed by atoms with E-state index in [0.717, 1.165) is 10.6 Å². The molecule has 1 aromatic carbocycles. The molecule has 1 amide bonds. The van der Waals surface area contributed by atoms with Gasteiger partial charge in [0.05, 0.1) is 6.61 Å². The van der Waals surface area contributed by atoms with E-state index in [-0.39, 0.29) is 13.2 Å². The highest BCUT2D eigenvalue weighted by molar-refractivity contribution is 5.83. The number of hydroxylamine groups is 2. The number of rotatable bonds is 4. The van der Waals surface area contributed by atoms with Gasteiger partial charge < -0.3 is 14.3 Å². The van der Waals surface area contributed by atoms with Crippen LogP contribution in [-0.4, -0.2) is 29.8 Å². The number of amides is 1. The number of carbonyl (C=O) groups is 2. The van der Waals surface area contributed by atoms with Crippen molar-refractivity contribution < 1.29 is 23.9 Å². The van der Waals surface area contributed by atoms with Crippen molar-refractivity contribution in [1.29, 1.82) is 0 Å². The lowest BCUT2D eigenvalue weighted by Crippen LogP contribution is -2.41. The molecule has 0 bridgehead atoms. The van der Waals surface area contributed by atoms with Gasteiger partial charge in [-0.1, -0.05) is 30.3 Å². The second-order valence-corrected chi connectivity index (χ2v) is 4.00. The van der Waals surface area contributed by atoms with E-state index in [1.807, 2.05) is 30.3 Å². The minimum Gasteiger partial charge on any atom is -0.464 e. The number of hydrogen-bond donors (Lipinski definition) is 0. The van der Waals surface area contributed by atoms with Crippen LogP contribution >= 0.6 is 0 Å². The Hall–Kier alpha value is -2.50. The van der Waals surface area contributed by atoms with Crippen LogP contribution in [0.15, 0.2) is 42.7 Å². The number of ether oxygens (including phenoxy) is 2. The van der Waals surface area contributed by atoms with E-state index < -0.39 is 18.1 Å². The van der Waals surface area contributed by atoms with Crippen LogP contribution < -0.4 is 0 Å². The van der Waals surface area contributed by atoms with E-state index in [4.69, 9.17) is 14.3 Å². The lowest BCUT2D eigenvalue weighted by Gasteiger charge is -2.20. The Balaban J connectivity index is 1.90. The van der Waals surface area contributed by atoms with Gasteiger partial charge in [0.2, 0.25) is 0 Å². The van der Waals surface area contributed by atoms with Gasteiger partial charge in [-0.15, -0.1) is 5.06 Å². The van der Waals surface area contributed by atoms with Gasteiger partial charge in [-0.25, -0.2) is 9.59 Å². The quantitative estimate of drug-likeness (QED) is 0.788. The Labute approximate surface area is 116 Å². The molecule has 1 aliphatic rings. The van der Waals surface area contributed by atoms with Gasteiger partial charge in [-0.3, -0.25) is 0 Å². The highest BCUT2D eigenvalue weighted by Crippen LogP contribution is 2.15. The fourth-order valence-electron chi connectivity index (χ4n) is 1.66. The summed E-state index contributed by atoms with van der Waals surface area (Å²) in [7, 11) is 0. The minimum atomic E-state index is -0.904. The first kappa shape index (κ1) is 13.9. The van der Waals surface area contributed by atoms with Crippen molar-refractivity contribution in [3.05, 3.63) is 48.2 Å². The molecule has 0 N–H and O–H groups in total. The first-order chi connectivity index (χ1) is 9.72. The highest BCUT2D eigenvalue weighted by atomic mass is 16.7. The molecule has 1 atom stereocenters. The molecule has 20 heavy (non-hydrogen) atoms. The second kappa shape index (κ2) is 6.60. The van der Waals surface area contributed by atoms with Gasteiger partial charge in [-0.2, -0.15) is 0 Å². The van der Waals surface area contributed by atoms with E-state index in [2.05, 4.69) is 0 Å². The molecule has 6 heteroatoms. The number of carbonyl (C=O) groups excluding carboxylic acids is 2. The van der Waals surface area contributed by atoms with Crippen LogP contribution in [0.5, 0.6) is 0 Å². The van der Waals surface area contributed by atoms with Gasteiger partial charge >= 0.3 is 12.1 Å². The molecule has 1 heterocycles. The summed E-state index contributed by atoms with van der Waals surface area (Å²) in [5.41, 5.74) is 0.848. The monoisotopic (exact) mass is 277 g/mol. The van der Waals surface area contributed by atoms with E-state index in [1.54, 1.807) is 6.92 Å². The largest absolute Gasteiger partial charge is 0.464 e. The SMILES string of the molecule is CCOC(=O)[C@@H]1C=CON1C(=O)OCc1ccccc1. The van der Waals surface area contributed by atoms with Crippen LogP contribution in [0.2, 0.25) is 0 Å². The maximum atomic E-state index is 11.9. The minimum absolute atomic E-state index is 0.106. The summed E-state index contributed by atoms with van der Waals surface area (Å²) < 4.78 is 9.93. The first-order valence-electron chi connectivity index (χ1n) is 6.22. The van der Waals surface area contributed by atoms with Crippen molar-refractivity contribution in [2.24, 2.45) is 0 Å². The third kappa shape index (κ3) is 3.28. The van der Waals surface area contributed by atoms with E-state index >= 15 is 0 Å². The predicted molar refractivity (Wildman–Crippen MR) is 69.1 cm³/mol. The zero-order valence-electron chi connectivity index (χ0n) is 11.0. The molecule has 0 saturated heterocycles. The lowest BCUT2D eigenvalue weighted by atomic mass is 10.2. The molecule has 1 aliphatic heterocycles. The van der Waals surface area contributed by atoms with Crippen LogP contribution in [0.1, 0.15) is 12.5 Å². The van der Waals surface area contributed by atoms with Crippen LogP contribution in [0, 0.1) is 0 Å². The average molecular weight is 277 g/mol. The smallest absolute Gasteiger partial charge is 0.444 e. The lowest BCUT2D eigenvalue weighted by molar-refractivity contribution is -0.158. The summed E-state index contributed by atoms with van der Waals surface area (Å²) in [6.07, 6.45) is 1.95. The van der Waals surface area contributed by atoms with Crippen molar-refractivity contribution in [1.82, 2.24) is 5.06 Å². The maximum Gasteiger partial charge on any atom is 0.444 e.